The van der Waals surface area contributed by atoms with Crippen LogP contribution in [0.1, 0.15) is 25.0 Å². The molecule has 0 saturated carbocycles. The van der Waals surface area contributed by atoms with E-state index in [1.807, 2.05) is 19.9 Å². The van der Waals surface area contributed by atoms with Crippen LogP contribution in [-0.2, 0) is 11.3 Å². The number of nitrogens with zero attached hydrogens (tertiary/aromatic N) is 1. The molecule has 0 atom stereocenters. The summed E-state index contributed by atoms with van der Waals surface area (Å²) >= 11 is 16.5. The van der Waals surface area contributed by atoms with Crippen LogP contribution in [0, 0.1) is 0 Å². The molecule has 0 radical (unpaired) electrons. The maximum atomic E-state index is 12.8. The molecule has 0 N–H and O–H groups in total. The molecular formula is C21H18BrCl2NO4S. The Balaban J connectivity index is 1.88. The molecule has 3 rings (SSSR count). The number of rotatable bonds is 7. The Kier molecular flexibility index (Phi) is 7.74. The molecule has 0 spiro atoms. The number of thioether (sulfide) groups is 1. The smallest absolute Gasteiger partial charge is 0.293 e. The van der Waals surface area contributed by atoms with Crippen molar-refractivity contribution in [3.05, 3.63) is 60.9 Å². The standard InChI is InChI=1S/C21H18BrCl2NO4S/c1-3-28-17-8-12(7-15(22)19(17)29-4-2)9-18-20(26)25(21(27)30-18)11-13-5-6-14(23)10-16(13)24/h5-10H,3-4,11H2,1-2H3/b18-9-. The van der Waals surface area contributed by atoms with Gasteiger partial charge in [0.2, 0.25) is 0 Å². The first-order chi connectivity index (χ1) is 14.3. The van der Waals surface area contributed by atoms with Crippen molar-refractivity contribution >= 4 is 68.1 Å². The lowest BCUT2D eigenvalue weighted by Gasteiger charge is -2.14. The van der Waals surface area contributed by atoms with E-state index in [1.165, 1.54) is 4.90 Å². The molecule has 2 aromatic rings. The first-order valence-corrected chi connectivity index (χ1v) is 11.5. The average Bonchev–Trinajstić information content (AvgIpc) is 2.94. The number of carbonyl (C=O) groups is 2. The Morgan fingerprint density at radius 1 is 1.10 bits per heavy atom. The molecule has 30 heavy (non-hydrogen) atoms. The number of amides is 2. The first-order valence-electron chi connectivity index (χ1n) is 9.12. The fourth-order valence-electron chi connectivity index (χ4n) is 2.83. The number of carbonyl (C=O) groups excluding carboxylic acids is 2. The highest BCUT2D eigenvalue weighted by Gasteiger charge is 2.35. The van der Waals surface area contributed by atoms with E-state index in [9.17, 15) is 9.59 Å². The maximum Gasteiger partial charge on any atom is 0.293 e. The third-order valence-corrected chi connectivity index (χ3v) is 6.22. The molecular weight excluding hydrogens is 513 g/mol. The number of hydrogen-bond donors (Lipinski definition) is 0. The van der Waals surface area contributed by atoms with Crippen molar-refractivity contribution < 1.29 is 19.1 Å². The Hall–Kier alpha value is -1.67. The fraction of sp³-hybridized carbons (Fsp3) is 0.238. The van der Waals surface area contributed by atoms with Gasteiger partial charge in [0.15, 0.2) is 11.5 Å². The Morgan fingerprint density at radius 3 is 2.50 bits per heavy atom. The summed E-state index contributed by atoms with van der Waals surface area (Å²) in [7, 11) is 0. The summed E-state index contributed by atoms with van der Waals surface area (Å²) in [5.41, 5.74) is 1.36. The van der Waals surface area contributed by atoms with Gasteiger partial charge >= 0.3 is 0 Å². The first kappa shape index (κ1) is 23.0. The highest BCUT2D eigenvalue weighted by Crippen LogP contribution is 2.39. The molecule has 0 aliphatic carbocycles. The molecule has 2 aromatic carbocycles. The molecule has 0 aromatic heterocycles. The zero-order valence-electron chi connectivity index (χ0n) is 16.2. The van der Waals surface area contributed by atoms with Gasteiger partial charge in [-0.25, -0.2) is 0 Å². The highest BCUT2D eigenvalue weighted by molar-refractivity contribution is 9.10. The largest absolute Gasteiger partial charge is 0.490 e. The second-order valence-electron chi connectivity index (χ2n) is 6.20. The third kappa shape index (κ3) is 5.14. The van der Waals surface area contributed by atoms with Gasteiger partial charge in [-0.1, -0.05) is 29.3 Å². The number of imide groups is 1. The maximum absolute atomic E-state index is 12.8. The third-order valence-electron chi connectivity index (χ3n) is 4.14. The zero-order chi connectivity index (χ0) is 21.8. The van der Waals surface area contributed by atoms with Crippen molar-refractivity contribution in [2.75, 3.05) is 13.2 Å². The van der Waals surface area contributed by atoms with E-state index in [2.05, 4.69) is 15.9 Å². The van der Waals surface area contributed by atoms with Gasteiger partial charge in [-0.3, -0.25) is 14.5 Å². The van der Waals surface area contributed by atoms with E-state index < -0.39 is 0 Å². The summed E-state index contributed by atoms with van der Waals surface area (Å²) in [4.78, 5) is 26.8. The van der Waals surface area contributed by atoms with Crippen LogP contribution in [0.4, 0.5) is 4.79 Å². The van der Waals surface area contributed by atoms with Crippen LogP contribution in [0.3, 0.4) is 0 Å². The van der Waals surface area contributed by atoms with Crippen molar-refractivity contribution in [1.29, 1.82) is 0 Å². The Labute approximate surface area is 197 Å². The Bertz CT molecular complexity index is 1030. The zero-order valence-corrected chi connectivity index (χ0v) is 20.1. The molecule has 5 nitrogen and oxygen atoms in total. The second kappa shape index (κ2) is 10.1. The van der Waals surface area contributed by atoms with E-state index in [-0.39, 0.29) is 17.7 Å². The number of ether oxygens (including phenoxy) is 2. The monoisotopic (exact) mass is 529 g/mol. The van der Waals surface area contributed by atoms with Crippen LogP contribution in [0.15, 0.2) is 39.7 Å². The lowest BCUT2D eigenvalue weighted by Crippen LogP contribution is -2.27. The van der Waals surface area contributed by atoms with Crippen molar-refractivity contribution in [3.8, 4) is 11.5 Å². The molecule has 1 aliphatic rings. The SMILES string of the molecule is CCOc1cc(/C=C2\SC(=O)N(Cc3ccc(Cl)cc3Cl)C2=O)cc(Br)c1OCC. The highest BCUT2D eigenvalue weighted by atomic mass is 79.9. The summed E-state index contributed by atoms with van der Waals surface area (Å²) < 4.78 is 12.0. The van der Waals surface area contributed by atoms with Gasteiger partial charge in [0.25, 0.3) is 11.1 Å². The number of halogens is 3. The van der Waals surface area contributed by atoms with Crippen LogP contribution in [0.25, 0.3) is 6.08 Å². The fourth-order valence-corrected chi connectivity index (χ4v) is 4.71. The summed E-state index contributed by atoms with van der Waals surface area (Å²) in [6.07, 6.45) is 1.66. The lowest BCUT2D eigenvalue weighted by molar-refractivity contribution is -0.123. The molecule has 1 heterocycles. The minimum Gasteiger partial charge on any atom is -0.490 e. The van der Waals surface area contributed by atoms with E-state index in [1.54, 1.807) is 30.3 Å². The van der Waals surface area contributed by atoms with Crippen molar-refractivity contribution in [2.45, 2.75) is 20.4 Å². The van der Waals surface area contributed by atoms with Gasteiger partial charge in [-0.15, -0.1) is 0 Å². The van der Waals surface area contributed by atoms with E-state index >= 15 is 0 Å². The molecule has 1 aliphatic heterocycles. The van der Waals surface area contributed by atoms with E-state index in [4.69, 9.17) is 32.7 Å². The second-order valence-corrected chi connectivity index (χ2v) is 8.89. The molecule has 1 saturated heterocycles. The summed E-state index contributed by atoms with van der Waals surface area (Å²) in [5, 5.41) is 0.540. The normalized spacial score (nSPS) is 15.2. The number of benzene rings is 2. The van der Waals surface area contributed by atoms with Crippen LogP contribution < -0.4 is 9.47 Å². The minimum atomic E-state index is -0.376. The van der Waals surface area contributed by atoms with Crippen LogP contribution in [0.5, 0.6) is 11.5 Å². The molecule has 0 unspecified atom stereocenters. The van der Waals surface area contributed by atoms with Gasteiger partial charge in [0.05, 0.1) is 29.1 Å². The van der Waals surface area contributed by atoms with Gasteiger partial charge in [-0.2, -0.15) is 0 Å². The topological polar surface area (TPSA) is 55.8 Å². The molecule has 1 fully saturated rings. The van der Waals surface area contributed by atoms with Gasteiger partial charge < -0.3 is 9.47 Å². The lowest BCUT2D eigenvalue weighted by atomic mass is 10.1. The predicted octanol–water partition coefficient (Wildman–Crippen LogP) is 6.79. The van der Waals surface area contributed by atoms with Gasteiger partial charge in [0.1, 0.15) is 0 Å². The van der Waals surface area contributed by atoms with E-state index in [0.29, 0.717) is 55.3 Å². The quantitative estimate of drug-likeness (QED) is 0.369. The molecule has 2 amide bonds. The molecule has 0 bridgehead atoms. The Morgan fingerprint density at radius 2 is 1.83 bits per heavy atom. The summed E-state index contributed by atoms with van der Waals surface area (Å²) in [6, 6.07) is 8.56. The van der Waals surface area contributed by atoms with Gasteiger partial charge in [-0.05, 0) is 83.0 Å². The van der Waals surface area contributed by atoms with Crippen molar-refractivity contribution in [2.24, 2.45) is 0 Å². The number of hydrogen-bond acceptors (Lipinski definition) is 5. The predicted molar refractivity (Wildman–Crippen MR) is 124 cm³/mol. The summed E-state index contributed by atoms with van der Waals surface area (Å²) in [5.74, 6) is 0.785. The minimum absolute atomic E-state index is 0.0785. The van der Waals surface area contributed by atoms with Gasteiger partial charge in [0, 0.05) is 10.0 Å². The van der Waals surface area contributed by atoms with Crippen LogP contribution >= 0.6 is 50.9 Å². The summed E-state index contributed by atoms with van der Waals surface area (Å²) in [6.45, 7) is 4.80. The van der Waals surface area contributed by atoms with Crippen molar-refractivity contribution in [1.82, 2.24) is 4.90 Å². The molecule has 9 heteroatoms. The van der Waals surface area contributed by atoms with E-state index in [0.717, 1.165) is 11.8 Å². The molecule has 158 valence electrons. The van der Waals surface area contributed by atoms with Crippen molar-refractivity contribution in [3.63, 3.8) is 0 Å². The van der Waals surface area contributed by atoms with Crippen LogP contribution in [-0.4, -0.2) is 29.3 Å². The van der Waals surface area contributed by atoms with Crippen LogP contribution in [0.2, 0.25) is 10.0 Å². The average molecular weight is 531 g/mol.